The lowest BCUT2D eigenvalue weighted by Gasteiger charge is -2.10. The molecule has 0 fully saturated rings. The molecule has 1 heterocycles. The maximum Gasteiger partial charge on any atom is 0.229 e. The first kappa shape index (κ1) is 15.8. The van der Waals surface area contributed by atoms with Crippen LogP contribution in [0.4, 0.5) is 23.1 Å². The van der Waals surface area contributed by atoms with Gasteiger partial charge in [0, 0.05) is 23.1 Å². The van der Waals surface area contributed by atoms with Crippen LogP contribution in [0.5, 0.6) is 5.75 Å². The molecule has 0 bridgehead atoms. The van der Waals surface area contributed by atoms with Crippen LogP contribution in [-0.4, -0.2) is 16.6 Å². The van der Waals surface area contributed by atoms with E-state index >= 15 is 0 Å². The highest BCUT2D eigenvalue weighted by atomic mass is 16.5. The summed E-state index contributed by atoms with van der Waals surface area (Å²) in [4.78, 5) is 8.95. The molecule has 0 saturated carbocycles. The van der Waals surface area contributed by atoms with Gasteiger partial charge in [-0.05, 0) is 50.2 Å². The van der Waals surface area contributed by atoms with E-state index in [1.165, 1.54) is 0 Å². The van der Waals surface area contributed by atoms with Crippen molar-refractivity contribution in [3.8, 4) is 5.75 Å². The number of benzene rings is 2. The zero-order valence-corrected chi connectivity index (χ0v) is 13.8. The van der Waals surface area contributed by atoms with Gasteiger partial charge in [-0.2, -0.15) is 4.98 Å². The standard InChI is InChI=1S/C19H20N4O/c1-3-24-17-11-9-16(10-12-17)22-19-20-14(2)13-18(23-19)21-15-7-5-4-6-8-15/h4-13H,3H2,1-2H3,(H2,20,21,22,23). The Hall–Kier alpha value is -3.08. The van der Waals surface area contributed by atoms with Gasteiger partial charge in [-0.3, -0.25) is 0 Å². The third-order valence-corrected chi connectivity index (χ3v) is 3.32. The molecule has 0 saturated heterocycles. The Kier molecular flexibility index (Phi) is 4.91. The lowest BCUT2D eigenvalue weighted by atomic mass is 10.3. The van der Waals surface area contributed by atoms with E-state index in [2.05, 4.69) is 20.6 Å². The first-order valence-electron chi connectivity index (χ1n) is 7.90. The molecule has 0 unspecified atom stereocenters. The van der Waals surface area contributed by atoms with Gasteiger partial charge in [0.15, 0.2) is 0 Å². The van der Waals surface area contributed by atoms with Crippen LogP contribution in [0.1, 0.15) is 12.6 Å². The molecule has 0 aliphatic carbocycles. The molecule has 24 heavy (non-hydrogen) atoms. The molecule has 5 heteroatoms. The number of para-hydroxylation sites is 1. The normalized spacial score (nSPS) is 10.2. The number of ether oxygens (including phenoxy) is 1. The van der Waals surface area contributed by atoms with Crippen LogP contribution in [-0.2, 0) is 0 Å². The molecule has 122 valence electrons. The molecule has 0 amide bonds. The molecule has 3 rings (SSSR count). The van der Waals surface area contributed by atoms with E-state index < -0.39 is 0 Å². The van der Waals surface area contributed by atoms with E-state index in [1.807, 2.05) is 74.5 Å². The summed E-state index contributed by atoms with van der Waals surface area (Å²) in [6.45, 7) is 4.57. The van der Waals surface area contributed by atoms with Crippen molar-refractivity contribution in [1.29, 1.82) is 0 Å². The summed E-state index contributed by atoms with van der Waals surface area (Å²) in [6, 6.07) is 19.6. The molecule has 5 nitrogen and oxygen atoms in total. The van der Waals surface area contributed by atoms with E-state index in [9.17, 15) is 0 Å². The van der Waals surface area contributed by atoms with Crippen LogP contribution >= 0.6 is 0 Å². The second-order valence-electron chi connectivity index (χ2n) is 5.29. The van der Waals surface area contributed by atoms with Crippen molar-refractivity contribution in [2.24, 2.45) is 0 Å². The third kappa shape index (κ3) is 4.23. The summed E-state index contributed by atoms with van der Waals surface area (Å²) >= 11 is 0. The highest BCUT2D eigenvalue weighted by Gasteiger charge is 2.04. The van der Waals surface area contributed by atoms with Gasteiger partial charge in [-0.15, -0.1) is 0 Å². The maximum atomic E-state index is 5.45. The Bertz CT molecular complexity index is 788. The quantitative estimate of drug-likeness (QED) is 0.691. The van der Waals surface area contributed by atoms with Crippen molar-refractivity contribution in [3.05, 3.63) is 66.4 Å². The van der Waals surface area contributed by atoms with Gasteiger partial charge in [0.25, 0.3) is 0 Å². The van der Waals surface area contributed by atoms with Gasteiger partial charge in [0.05, 0.1) is 6.61 Å². The predicted molar refractivity (Wildman–Crippen MR) is 97.4 cm³/mol. The Morgan fingerprint density at radius 3 is 2.29 bits per heavy atom. The number of hydrogen-bond acceptors (Lipinski definition) is 5. The summed E-state index contributed by atoms with van der Waals surface area (Å²) < 4.78 is 5.45. The molecule has 1 aromatic heterocycles. The van der Waals surface area contributed by atoms with Crippen LogP contribution in [0.3, 0.4) is 0 Å². The SMILES string of the molecule is CCOc1ccc(Nc2nc(C)cc(Nc3ccccc3)n2)cc1. The van der Waals surface area contributed by atoms with E-state index in [-0.39, 0.29) is 0 Å². The van der Waals surface area contributed by atoms with E-state index in [0.29, 0.717) is 12.6 Å². The zero-order valence-electron chi connectivity index (χ0n) is 13.8. The summed E-state index contributed by atoms with van der Waals surface area (Å²) in [7, 11) is 0. The molecule has 0 spiro atoms. The molecule has 2 N–H and O–H groups in total. The van der Waals surface area contributed by atoms with E-state index in [0.717, 1.165) is 28.6 Å². The van der Waals surface area contributed by atoms with Crippen LogP contribution < -0.4 is 15.4 Å². The van der Waals surface area contributed by atoms with Crippen molar-refractivity contribution in [1.82, 2.24) is 9.97 Å². The first-order valence-corrected chi connectivity index (χ1v) is 7.90. The van der Waals surface area contributed by atoms with Crippen molar-refractivity contribution < 1.29 is 4.74 Å². The topological polar surface area (TPSA) is 59.1 Å². The average Bonchev–Trinajstić information content (AvgIpc) is 2.57. The second kappa shape index (κ2) is 7.46. The average molecular weight is 320 g/mol. The highest BCUT2D eigenvalue weighted by Crippen LogP contribution is 2.21. The molecule has 2 aromatic carbocycles. The van der Waals surface area contributed by atoms with Gasteiger partial charge in [0.2, 0.25) is 5.95 Å². The summed E-state index contributed by atoms with van der Waals surface area (Å²) in [5, 5.41) is 6.51. The summed E-state index contributed by atoms with van der Waals surface area (Å²) in [6.07, 6.45) is 0. The fourth-order valence-electron chi connectivity index (χ4n) is 2.29. The second-order valence-corrected chi connectivity index (χ2v) is 5.29. The van der Waals surface area contributed by atoms with Crippen molar-refractivity contribution >= 4 is 23.1 Å². The van der Waals surface area contributed by atoms with Crippen LogP contribution in [0.2, 0.25) is 0 Å². The number of hydrogen-bond donors (Lipinski definition) is 2. The largest absolute Gasteiger partial charge is 0.494 e. The molecular formula is C19H20N4O. The number of aryl methyl sites for hydroxylation is 1. The van der Waals surface area contributed by atoms with Gasteiger partial charge >= 0.3 is 0 Å². The Labute approximate surface area is 141 Å². The number of anilines is 4. The Balaban J connectivity index is 1.76. The van der Waals surface area contributed by atoms with Crippen LogP contribution in [0, 0.1) is 6.92 Å². The summed E-state index contributed by atoms with van der Waals surface area (Å²) in [5.41, 5.74) is 2.79. The Morgan fingerprint density at radius 1 is 0.875 bits per heavy atom. The lowest BCUT2D eigenvalue weighted by Crippen LogP contribution is -2.02. The molecule has 0 radical (unpaired) electrons. The molecule has 3 aromatic rings. The number of rotatable bonds is 6. The van der Waals surface area contributed by atoms with Crippen molar-refractivity contribution in [2.45, 2.75) is 13.8 Å². The third-order valence-electron chi connectivity index (χ3n) is 3.32. The minimum absolute atomic E-state index is 0.553. The fraction of sp³-hybridized carbons (Fsp3) is 0.158. The molecule has 0 aliphatic heterocycles. The number of nitrogens with zero attached hydrogens (tertiary/aromatic N) is 2. The molecule has 0 aliphatic rings. The van der Waals surface area contributed by atoms with Gasteiger partial charge in [-0.1, -0.05) is 18.2 Å². The zero-order chi connectivity index (χ0) is 16.8. The predicted octanol–water partition coefficient (Wildman–Crippen LogP) is 4.67. The van der Waals surface area contributed by atoms with Crippen molar-refractivity contribution in [2.75, 3.05) is 17.2 Å². The van der Waals surface area contributed by atoms with Crippen LogP contribution in [0.25, 0.3) is 0 Å². The fourth-order valence-corrected chi connectivity index (χ4v) is 2.29. The smallest absolute Gasteiger partial charge is 0.229 e. The lowest BCUT2D eigenvalue weighted by molar-refractivity contribution is 0.340. The highest BCUT2D eigenvalue weighted by molar-refractivity contribution is 5.60. The first-order chi connectivity index (χ1) is 11.7. The number of aromatic nitrogens is 2. The van der Waals surface area contributed by atoms with Crippen molar-refractivity contribution in [3.63, 3.8) is 0 Å². The minimum atomic E-state index is 0.553. The molecule has 0 atom stereocenters. The van der Waals surface area contributed by atoms with Crippen LogP contribution in [0.15, 0.2) is 60.7 Å². The number of nitrogens with one attached hydrogen (secondary N) is 2. The van der Waals surface area contributed by atoms with Gasteiger partial charge in [0.1, 0.15) is 11.6 Å². The van der Waals surface area contributed by atoms with E-state index in [4.69, 9.17) is 4.74 Å². The monoisotopic (exact) mass is 320 g/mol. The molecular weight excluding hydrogens is 300 g/mol. The summed E-state index contributed by atoms with van der Waals surface area (Å²) in [5.74, 6) is 2.15. The van der Waals surface area contributed by atoms with E-state index in [1.54, 1.807) is 0 Å². The maximum absolute atomic E-state index is 5.45. The van der Waals surface area contributed by atoms with Gasteiger partial charge in [-0.25, -0.2) is 4.98 Å². The minimum Gasteiger partial charge on any atom is -0.494 e. The van der Waals surface area contributed by atoms with Gasteiger partial charge < -0.3 is 15.4 Å². The Morgan fingerprint density at radius 2 is 1.58 bits per heavy atom.